The van der Waals surface area contributed by atoms with Crippen LogP contribution in [-0.4, -0.2) is 41.6 Å². The second kappa shape index (κ2) is 9.79. The highest BCUT2D eigenvalue weighted by molar-refractivity contribution is 5.90. The summed E-state index contributed by atoms with van der Waals surface area (Å²) in [5.41, 5.74) is 3.47. The third kappa shape index (κ3) is 5.11. The number of fused-ring (bicyclic) bond motifs is 2. The summed E-state index contributed by atoms with van der Waals surface area (Å²) in [6.45, 7) is 1.97. The highest BCUT2D eigenvalue weighted by Crippen LogP contribution is 2.29. The third-order valence-electron chi connectivity index (χ3n) is 6.82. The van der Waals surface area contributed by atoms with Crippen LogP contribution in [0.3, 0.4) is 0 Å². The Hall–Kier alpha value is -3.12. The largest absolute Gasteiger partial charge is 0.362 e. The first-order valence-electron chi connectivity index (χ1n) is 12.1. The minimum atomic E-state index is 0.455. The van der Waals surface area contributed by atoms with Gasteiger partial charge in [0.1, 0.15) is 5.82 Å². The average molecular weight is 443 g/mol. The third-order valence-corrected chi connectivity index (χ3v) is 6.82. The lowest BCUT2D eigenvalue weighted by atomic mass is 9.84. The SMILES string of the molecule is CN(C)c1nc(N[C@H]2CC[C@@H](CCNCc3cc4ccccc4[nH]3)CC2)nc2ccccc12. The van der Waals surface area contributed by atoms with E-state index in [9.17, 15) is 0 Å². The van der Waals surface area contributed by atoms with Gasteiger partial charge < -0.3 is 20.5 Å². The topological polar surface area (TPSA) is 68.9 Å². The van der Waals surface area contributed by atoms with Gasteiger partial charge in [-0.3, -0.25) is 0 Å². The van der Waals surface area contributed by atoms with E-state index in [0.29, 0.717) is 6.04 Å². The summed E-state index contributed by atoms with van der Waals surface area (Å²) in [5, 5.41) is 9.62. The number of benzene rings is 2. The van der Waals surface area contributed by atoms with Crippen LogP contribution in [0.5, 0.6) is 0 Å². The van der Waals surface area contributed by atoms with E-state index in [2.05, 4.69) is 63.0 Å². The molecule has 0 saturated heterocycles. The van der Waals surface area contributed by atoms with E-state index in [1.807, 2.05) is 26.2 Å². The maximum atomic E-state index is 4.81. The summed E-state index contributed by atoms with van der Waals surface area (Å²) >= 11 is 0. The molecule has 5 rings (SSSR count). The van der Waals surface area contributed by atoms with Crippen molar-refractivity contribution < 1.29 is 0 Å². The Morgan fingerprint density at radius 3 is 2.58 bits per heavy atom. The molecule has 1 aliphatic rings. The normalized spacial score (nSPS) is 18.6. The number of H-pyrrole nitrogens is 1. The number of para-hydroxylation sites is 2. The molecule has 1 aliphatic carbocycles. The molecule has 33 heavy (non-hydrogen) atoms. The Kier molecular flexibility index (Phi) is 6.44. The van der Waals surface area contributed by atoms with Gasteiger partial charge in [-0.25, -0.2) is 4.98 Å². The van der Waals surface area contributed by atoms with E-state index in [4.69, 9.17) is 9.97 Å². The zero-order chi connectivity index (χ0) is 22.6. The van der Waals surface area contributed by atoms with Crippen molar-refractivity contribution in [2.24, 2.45) is 5.92 Å². The second-order valence-corrected chi connectivity index (χ2v) is 9.49. The van der Waals surface area contributed by atoms with Crippen molar-refractivity contribution in [1.82, 2.24) is 20.3 Å². The van der Waals surface area contributed by atoms with Gasteiger partial charge in [0.2, 0.25) is 5.95 Å². The number of nitrogens with one attached hydrogen (secondary N) is 3. The molecule has 0 amide bonds. The quantitative estimate of drug-likeness (QED) is 0.322. The molecule has 0 atom stereocenters. The summed E-state index contributed by atoms with van der Waals surface area (Å²) < 4.78 is 0. The smallest absolute Gasteiger partial charge is 0.225 e. The number of aromatic amines is 1. The highest BCUT2D eigenvalue weighted by Gasteiger charge is 2.22. The lowest BCUT2D eigenvalue weighted by Crippen LogP contribution is -2.28. The van der Waals surface area contributed by atoms with Gasteiger partial charge in [-0.15, -0.1) is 0 Å². The van der Waals surface area contributed by atoms with Gasteiger partial charge in [-0.05, 0) is 74.2 Å². The first-order chi connectivity index (χ1) is 16.2. The minimum Gasteiger partial charge on any atom is -0.362 e. The summed E-state index contributed by atoms with van der Waals surface area (Å²) in [4.78, 5) is 15.1. The summed E-state index contributed by atoms with van der Waals surface area (Å²) in [7, 11) is 4.08. The fourth-order valence-corrected chi connectivity index (χ4v) is 5.00. The molecular formula is C27H34N6. The second-order valence-electron chi connectivity index (χ2n) is 9.49. The van der Waals surface area contributed by atoms with E-state index in [1.165, 1.54) is 48.7 Å². The maximum Gasteiger partial charge on any atom is 0.225 e. The van der Waals surface area contributed by atoms with Gasteiger partial charge in [0, 0.05) is 43.3 Å². The first kappa shape index (κ1) is 21.7. The van der Waals surface area contributed by atoms with E-state index in [-0.39, 0.29) is 0 Å². The van der Waals surface area contributed by atoms with Crippen molar-refractivity contribution in [3.63, 3.8) is 0 Å². The van der Waals surface area contributed by atoms with Crippen LogP contribution in [0, 0.1) is 5.92 Å². The number of hydrogen-bond acceptors (Lipinski definition) is 5. The van der Waals surface area contributed by atoms with E-state index >= 15 is 0 Å². The number of hydrogen-bond donors (Lipinski definition) is 3. The molecule has 1 fully saturated rings. The molecule has 0 bridgehead atoms. The van der Waals surface area contributed by atoms with Crippen LogP contribution in [0.15, 0.2) is 54.6 Å². The van der Waals surface area contributed by atoms with E-state index in [0.717, 1.165) is 41.7 Å². The molecule has 3 N–H and O–H groups in total. The molecule has 4 aromatic rings. The predicted octanol–water partition coefficient (Wildman–Crippen LogP) is 5.33. The van der Waals surface area contributed by atoms with Gasteiger partial charge in [0.05, 0.1) is 5.52 Å². The fraction of sp³-hybridized carbons (Fsp3) is 0.407. The van der Waals surface area contributed by atoms with E-state index < -0.39 is 0 Å². The van der Waals surface area contributed by atoms with Crippen LogP contribution in [0.4, 0.5) is 11.8 Å². The first-order valence-corrected chi connectivity index (χ1v) is 12.1. The van der Waals surface area contributed by atoms with Crippen molar-refractivity contribution in [2.45, 2.75) is 44.7 Å². The van der Waals surface area contributed by atoms with E-state index in [1.54, 1.807) is 0 Å². The highest BCUT2D eigenvalue weighted by atomic mass is 15.2. The molecule has 0 unspecified atom stereocenters. The average Bonchev–Trinajstić information content (AvgIpc) is 3.25. The van der Waals surface area contributed by atoms with Gasteiger partial charge in [-0.1, -0.05) is 30.3 Å². The van der Waals surface area contributed by atoms with Crippen molar-refractivity contribution in [2.75, 3.05) is 30.9 Å². The molecule has 0 radical (unpaired) electrons. The van der Waals surface area contributed by atoms with Crippen LogP contribution >= 0.6 is 0 Å². The lowest BCUT2D eigenvalue weighted by Gasteiger charge is -2.29. The lowest BCUT2D eigenvalue weighted by molar-refractivity contribution is 0.316. The molecule has 0 aliphatic heterocycles. The molecular weight excluding hydrogens is 408 g/mol. The predicted molar refractivity (Wildman–Crippen MR) is 138 cm³/mol. The molecule has 2 heterocycles. The van der Waals surface area contributed by atoms with Crippen LogP contribution in [0.1, 0.15) is 37.8 Å². The Labute approximate surface area is 195 Å². The Balaban J connectivity index is 1.09. The molecule has 2 aromatic heterocycles. The number of anilines is 2. The molecule has 6 nitrogen and oxygen atoms in total. The zero-order valence-corrected chi connectivity index (χ0v) is 19.6. The number of rotatable bonds is 8. The standard InChI is InChI=1S/C27H34N6/c1-33(2)26-23-8-4-6-10-25(23)31-27(32-26)30-21-13-11-19(12-14-21)15-16-28-18-22-17-20-7-3-5-9-24(20)29-22/h3-10,17,19,21,28-29H,11-16,18H2,1-2H3,(H,30,31,32)/t19-,21+. The number of nitrogens with zero attached hydrogens (tertiary/aromatic N) is 3. The van der Waals surface area contributed by atoms with Crippen molar-refractivity contribution >= 4 is 33.6 Å². The van der Waals surface area contributed by atoms with Crippen LogP contribution in [0.25, 0.3) is 21.8 Å². The molecule has 2 aromatic carbocycles. The Morgan fingerprint density at radius 1 is 0.970 bits per heavy atom. The fourth-order valence-electron chi connectivity index (χ4n) is 5.00. The molecule has 1 saturated carbocycles. The molecule has 0 spiro atoms. The van der Waals surface area contributed by atoms with Crippen molar-refractivity contribution in [3.8, 4) is 0 Å². The zero-order valence-electron chi connectivity index (χ0n) is 19.6. The van der Waals surface area contributed by atoms with Gasteiger partial charge >= 0.3 is 0 Å². The minimum absolute atomic E-state index is 0.455. The molecule has 172 valence electrons. The number of aromatic nitrogens is 3. The Bertz CT molecular complexity index is 1170. The van der Waals surface area contributed by atoms with Gasteiger partial charge in [0.15, 0.2) is 0 Å². The van der Waals surface area contributed by atoms with Gasteiger partial charge in [-0.2, -0.15) is 4.98 Å². The van der Waals surface area contributed by atoms with Crippen LogP contribution in [-0.2, 0) is 6.54 Å². The Morgan fingerprint density at radius 2 is 1.76 bits per heavy atom. The van der Waals surface area contributed by atoms with Gasteiger partial charge in [0.25, 0.3) is 0 Å². The van der Waals surface area contributed by atoms with Crippen molar-refractivity contribution in [3.05, 3.63) is 60.3 Å². The van der Waals surface area contributed by atoms with Crippen LogP contribution < -0.4 is 15.5 Å². The van der Waals surface area contributed by atoms with Crippen molar-refractivity contribution in [1.29, 1.82) is 0 Å². The monoisotopic (exact) mass is 442 g/mol. The molecule has 6 heteroatoms. The summed E-state index contributed by atoms with van der Waals surface area (Å²) in [5.74, 6) is 2.52. The van der Waals surface area contributed by atoms with Crippen LogP contribution in [0.2, 0.25) is 0 Å². The summed E-state index contributed by atoms with van der Waals surface area (Å²) in [6, 6.07) is 19.4. The summed E-state index contributed by atoms with van der Waals surface area (Å²) in [6.07, 6.45) is 6.13. The maximum absolute atomic E-state index is 4.81.